The van der Waals surface area contributed by atoms with Crippen LogP contribution in [0.4, 0.5) is 0 Å². The first-order chi connectivity index (χ1) is 8.33. The van der Waals surface area contributed by atoms with E-state index in [0.29, 0.717) is 5.92 Å². The summed E-state index contributed by atoms with van der Waals surface area (Å²) in [5, 5.41) is 10.6. The topological polar surface area (TPSA) is 50.8 Å². The average molecular weight is 231 g/mol. The molecule has 0 aliphatic carbocycles. The summed E-state index contributed by atoms with van der Waals surface area (Å²) in [4.78, 5) is 0. The van der Waals surface area contributed by atoms with Crippen LogP contribution in [0.2, 0.25) is 0 Å². The molecule has 0 aliphatic heterocycles. The Balaban J connectivity index is 2.11. The molecule has 0 fully saturated rings. The molecule has 2 aromatic rings. The van der Waals surface area contributed by atoms with Gasteiger partial charge in [0.2, 0.25) is 0 Å². The van der Waals surface area contributed by atoms with Crippen molar-refractivity contribution < 1.29 is 4.74 Å². The van der Waals surface area contributed by atoms with Gasteiger partial charge >= 0.3 is 0 Å². The van der Waals surface area contributed by atoms with Gasteiger partial charge < -0.3 is 4.74 Å². The molecule has 0 amide bonds. The zero-order valence-electron chi connectivity index (χ0n) is 10.2. The molecule has 4 nitrogen and oxygen atoms in total. The van der Waals surface area contributed by atoms with Crippen molar-refractivity contribution in [3.05, 3.63) is 41.7 Å². The minimum Gasteiger partial charge on any atom is -0.497 e. The lowest BCUT2D eigenvalue weighted by Crippen LogP contribution is -2.02. The summed E-state index contributed by atoms with van der Waals surface area (Å²) in [5.41, 5.74) is 2.32. The van der Waals surface area contributed by atoms with E-state index in [2.05, 4.69) is 34.5 Å². The molecule has 1 aromatic heterocycles. The van der Waals surface area contributed by atoms with Gasteiger partial charge in [-0.15, -0.1) is 0 Å². The molecule has 1 atom stereocenters. The van der Waals surface area contributed by atoms with E-state index < -0.39 is 0 Å². The molecule has 17 heavy (non-hydrogen) atoms. The van der Waals surface area contributed by atoms with Gasteiger partial charge in [-0.05, 0) is 36.5 Å². The second kappa shape index (κ2) is 5.48. The lowest BCUT2D eigenvalue weighted by molar-refractivity contribution is 0.414. The van der Waals surface area contributed by atoms with Gasteiger partial charge in [0.15, 0.2) is 0 Å². The molecule has 2 rings (SSSR count). The summed E-state index contributed by atoms with van der Waals surface area (Å²) in [6.45, 7) is 2.19. The zero-order chi connectivity index (χ0) is 12.1. The van der Waals surface area contributed by atoms with Crippen LogP contribution in [0, 0.1) is 0 Å². The third kappa shape index (κ3) is 2.84. The van der Waals surface area contributed by atoms with E-state index in [1.807, 2.05) is 12.1 Å². The Hall–Kier alpha value is -1.84. The zero-order valence-corrected chi connectivity index (χ0v) is 10.2. The van der Waals surface area contributed by atoms with Crippen LogP contribution in [0.25, 0.3) is 0 Å². The monoisotopic (exact) mass is 231 g/mol. The number of benzene rings is 1. The van der Waals surface area contributed by atoms with E-state index >= 15 is 0 Å². The molecule has 0 spiro atoms. The van der Waals surface area contributed by atoms with Gasteiger partial charge in [0, 0.05) is 0 Å². The third-order valence-corrected chi connectivity index (χ3v) is 3.00. The van der Waals surface area contributed by atoms with Crippen LogP contribution in [0.5, 0.6) is 5.75 Å². The summed E-state index contributed by atoms with van der Waals surface area (Å²) < 4.78 is 5.16. The van der Waals surface area contributed by atoms with Crippen LogP contribution in [-0.2, 0) is 6.42 Å². The van der Waals surface area contributed by atoms with Crippen molar-refractivity contribution in [1.29, 1.82) is 0 Å². The number of hydrogen-bond acceptors (Lipinski definition) is 3. The maximum Gasteiger partial charge on any atom is 0.118 e. The first kappa shape index (κ1) is 11.6. The number of aromatic nitrogens is 3. The van der Waals surface area contributed by atoms with Crippen LogP contribution in [0.3, 0.4) is 0 Å². The minimum atomic E-state index is 0.478. The van der Waals surface area contributed by atoms with Crippen molar-refractivity contribution in [3.63, 3.8) is 0 Å². The fourth-order valence-corrected chi connectivity index (χ4v) is 1.95. The van der Waals surface area contributed by atoms with Crippen molar-refractivity contribution in [3.8, 4) is 5.75 Å². The van der Waals surface area contributed by atoms with Gasteiger partial charge in [0.05, 0.1) is 19.0 Å². The molecular weight excluding hydrogens is 214 g/mol. The van der Waals surface area contributed by atoms with Crippen LogP contribution >= 0.6 is 0 Å². The normalized spacial score (nSPS) is 12.4. The second-order valence-corrected chi connectivity index (χ2v) is 4.04. The molecule has 0 saturated heterocycles. The lowest BCUT2D eigenvalue weighted by atomic mass is 9.92. The van der Waals surface area contributed by atoms with E-state index in [1.54, 1.807) is 13.3 Å². The van der Waals surface area contributed by atoms with Crippen molar-refractivity contribution in [2.75, 3.05) is 7.11 Å². The minimum absolute atomic E-state index is 0.478. The summed E-state index contributed by atoms with van der Waals surface area (Å²) in [6, 6.07) is 8.24. The molecule has 1 unspecified atom stereocenters. The number of aromatic amines is 1. The molecule has 1 N–H and O–H groups in total. The maximum atomic E-state index is 5.16. The fraction of sp³-hybridized carbons (Fsp3) is 0.385. The van der Waals surface area contributed by atoms with Gasteiger partial charge in [-0.3, -0.25) is 0 Å². The Morgan fingerprint density at radius 1 is 1.29 bits per heavy atom. The Morgan fingerprint density at radius 2 is 2.06 bits per heavy atom. The highest BCUT2D eigenvalue weighted by atomic mass is 16.5. The molecule has 0 bridgehead atoms. The van der Waals surface area contributed by atoms with E-state index in [-0.39, 0.29) is 0 Å². The molecule has 90 valence electrons. The average Bonchev–Trinajstić information content (AvgIpc) is 2.89. The number of ether oxygens (including phenoxy) is 1. The molecule has 1 heterocycles. The highest BCUT2D eigenvalue weighted by Gasteiger charge is 2.11. The lowest BCUT2D eigenvalue weighted by Gasteiger charge is -2.14. The van der Waals surface area contributed by atoms with Crippen molar-refractivity contribution in [1.82, 2.24) is 15.4 Å². The Labute approximate surface area is 101 Å². The predicted molar refractivity (Wildman–Crippen MR) is 66.1 cm³/mol. The first-order valence-electron chi connectivity index (χ1n) is 5.82. The number of hydrogen-bond donors (Lipinski definition) is 1. The van der Waals surface area contributed by atoms with Crippen molar-refractivity contribution in [2.45, 2.75) is 25.7 Å². The summed E-state index contributed by atoms with van der Waals surface area (Å²) >= 11 is 0. The van der Waals surface area contributed by atoms with Gasteiger partial charge in [0.1, 0.15) is 5.75 Å². The summed E-state index contributed by atoms with van der Waals surface area (Å²) in [6.07, 6.45) is 3.78. The Kier molecular flexibility index (Phi) is 3.75. The van der Waals surface area contributed by atoms with Crippen molar-refractivity contribution in [2.24, 2.45) is 0 Å². The maximum absolute atomic E-state index is 5.16. The summed E-state index contributed by atoms with van der Waals surface area (Å²) in [5.74, 6) is 1.37. The Morgan fingerprint density at radius 3 is 2.59 bits per heavy atom. The highest BCUT2D eigenvalue weighted by Crippen LogP contribution is 2.25. The highest BCUT2D eigenvalue weighted by molar-refractivity contribution is 5.29. The standard InChI is InChI=1S/C13H17N3O/c1-3-10(8-12-9-14-16-15-12)11-4-6-13(17-2)7-5-11/h4-7,9-10H,3,8H2,1-2H3,(H,14,15,16). The first-order valence-corrected chi connectivity index (χ1v) is 5.82. The fourth-order valence-electron chi connectivity index (χ4n) is 1.95. The van der Waals surface area contributed by atoms with Crippen LogP contribution in [0.1, 0.15) is 30.5 Å². The quantitative estimate of drug-likeness (QED) is 0.860. The van der Waals surface area contributed by atoms with Crippen LogP contribution < -0.4 is 4.74 Å². The molecule has 1 aromatic carbocycles. The number of nitrogens with one attached hydrogen (secondary N) is 1. The predicted octanol–water partition coefficient (Wildman–Crippen LogP) is 2.55. The second-order valence-electron chi connectivity index (χ2n) is 4.04. The van der Waals surface area contributed by atoms with Gasteiger partial charge in [-0.25, -0.2) is 0 Å². The molecule has 0 saturated carbocycles. The van der Waals surface area contributed by atoms with E-state index in [0.717, 1.165) is 24.3 Å². The Bertz CT molecular complexity index is 436. The van der Waals surface area contributed by atoms with Gasteiger partial charge in [0.25, 0.3) is 0 Å². The van der Waals surface area contributed by atoms with Crippen molar-refractivity contribution >= 4 is 0 Å². The molecule has 0 radical (unpaired) electrons. The largest absolute Gasteiger partial charge is 0.497 e. The van der Waals surface area contributed by atoms with Gasteiger partial charge in [-0.1, -0.05) is 19.1 Å². The van der Waals surface area contributed by atoms with E-state index in [1.165, 1.54) is 5.56 Å². The number of rotatable bonds is 5. The molecule has 0 aliphatic rings. The smallest absolute Gasteiger partial charge is 0.118 e. The molecular formula is C13H17N3O. The van der Waals surface area contributed by atoms with E-state index in [4.69, 9.17) is 4.74 Å². The number of H-pyrrole nitrogens is 1. The SMILES string of the molecule is CCC(Cc1cn[nH]n1)c1ccc(OC)cc1. The number of methoxy groups -OCH3 is 1. The van der Waals surface area contributed by atoms with Crippen LogP contribution in [-0.4, -0.2) is 22.5 Å². The van der Waals surface area contributed by atoms with Crippen LogP contribution in [0.15, 0.2) is 30.5 Å². The van der Waals surface area contributed by atoms with Gasteiger partial charge in [-0.2, -0.15) is 15.4 Å². The van der Waals surface area contributed by atoms with E-state index in [9.17, 15) is 0 Å². The number of nitrogens with zero attached hydrogens (tertiary/aromatic N) is 2. The third-order valence-electron chi connectivity index (χ3n) is 3.00. The summed E-state index contributed by atoms with van der Waals surface area (Å²) in [7, 11) is 1.68. The molecule has 4 heteroatoms.